The molecule has 19 heavy (non-hydrogen) atoms. The number of aryl methyl sites for hydroxylation is 1. The molecule has 0 bridgehead atoms. The number of nitrogens with zero attached hydrogens (tertiary/aromatic N) is 1. The molecular formula is C14H25N3OS. The third-order valence-corrected chi connectivity index (χ3v) is 3.69. The summed E-state index contributed by atoms with van der Waals surface area (Å²) in [5, 5.41) is 8.94. The predicted octanol–water partition coefficient (Wildman–Crippen LogP) is 3.49. The summed E-state index contributed by atoms with van der Waals surface area (Å²) in [7, 11) is 0. The Labute approximate surface area is 120 Å². The molecule has 4 nitrogen and oxygen atoms in total. The van der Waals surface area contributed by atoms with E-state index in [1.807, 2.05) is 12.3 Å². The lowest BCUT2D eigenvalue weighted by atomic mass is 10.0. The van der Waals surface area contributed by atoms with Gasteiger partial charge in [-0.3, -0.25) is 0 Å². The number of thiazole rings is 1. The molecule has 0 fully saturated rings. The smallest absolute Gasteiger partial charge is 0.315 e. The summed E-state index contributed by atoms with van der Waals surface area (Å²) in [4.78, 5) is 16.4. The zero-order valence-corrected chi connectivity index (χ0v) is 13.3. The van der Waals surface area contributed by atoms with Gasteiger partial charge in [0.2, 0.25) is 0 Å². The molecule has 1 unspecified atom stereocenters. The number of urea groups is 1. The number of amides is 2. The van der Waals surface area contributed by atoms with Gasteiger partial charge in [0.25, 0.3) is 0 Å². The molecule has 0 radical (unpaired) electrons. The van der Waals surface area contributed by atoms with Gasteiger partial charge < -0.3 is 10.6 Å². The molecule has 0 spiro atoms. The van der Waals surface area contributed by atoms with Gasteiger partial charge in [-0.1, -0.05) is 27.7 Å². The molecule has 1 heterocycles. The van der Waals surface area contributed by atoms with Crippen molar-refractivity contribution in [3.05, 3.63) is 16.1 Å². The van der Waals surface area contributed by atoms with Gasteiger partial charge in [-0.05, 0) is 25.2 Å². The molecule has 2 N–H and O–H groups in total. The van der Waals surface area contributed by atoms with E-state index in [-0.39, 0.29) is 12.1 Å². The molecule has 0 aliphatic carbocycles. The van der Waals surface area contributed by atoms with Crippen molar-refractivity contribution in [2.24, 2.45) is 11.8 Å². The fourth-order valence-corrected chi connectivity index (χ4v) is 2.59. The maximum Gasteiger partial charge on any atom is 0.315 e. The monoisotopic (exact) mass is 283 g/mol. The summed E-state index contributed by atoms with van der Waals surface area (Å²) >= 11 is 1.61. The maximum absolute atomic E-state index is 11.9. The Balaban J connectivity index is 2.62. The van der Waals surface area contributed by atoms with Crippen molar-refractivity contribution in [3.63, 3.8) is 0 Å². The van der Waals surface area contributed by atoms with Crippen LogP contribution >= 0.6 is 11.3 Å². The summed E-state index contributed by atoms with van der Waals surface area (Å²) < 4.78 is 0. The molecule has 0 saturated heterocycles. The van der Waals surface area contributed by atoms with Gasteiger partial charge >= 0.3 is 6.03 Å². The van der Waals surface area contributed by atoms with Crippen LogP contribution in [0, 0.1) is 18.8 Å². The average Bonchev–Trinajstić information content (AvgIpc) is 2.72. The molecule has 0 aliphatic rings. The van der Waals surface area contributed by atoms with E-state index in [0.717, 1.165) is 17.1 Å². The number of carbonyl (C=O) groups excluding carboxylic acids is 1. The third kappa shape index (κ3) is 6.05. The number of hydrogen-bond donors (Lipinski definition) is 2. The zero-order chi connectivity index (χ0) is 14.4. The molecule has 108 valence electrons. The van der Waals surface area contributed by atoms with Crippen LogP contribution in [0.1, 0.15) is 50.9 Å². The van der Waals surface area contributed by atoms with Crippen LogP contribution in [0.2, 0.25) is 0 Å². The summed E-state index contributed by atoms with van der Waals surface area (Å²) in [6.45, 7) is 11.1. The topological polar surface area (TPSA) is 54.0 Å². The quantitative estimate of drug-likeness (QED) is 0.839. The first-order valence-corrected chi connectivity index (χ1v) is 7.72. The fraction of sp³-hybridized carbons (Fsp3) is 0.714. The Morgan fingerprint density at radius 1 is 1.32 bits per heavy atom. The summed E-state index contributed by atoms with van der Waals surface area (Å²) in [5.74, 6) is 0.969. The average molecular weight is 283 g/mol. The highest BCUT2D eigenvalue weighted by atomic mass is 32.1. The van der Waals surface area contributed by atoms with Crippen molar-refractivity contribution in [1.82, 2.24) is 15.6 Å². The number of carbonyl (C=O) groups is 1. The first-order chi connectivity index (χ1) is 8.88. The molecule has 1 aromatic heterocycles. The molecule has 0 saturated carbocycles. The van der Waals surface area contributed by atoms with Crippen LogP contribution in [-0.4, -0.2) is 17.6 Å². The van der Waals surface area contributed by atoms with Gasteiger partial charge in [0.1, 0.15) is 5.01 Å². The minimum absolute atomic E-state index is 0.00543. The number of rotatable bonds is 6. The van der Waals surface area contributed by atoms with Crippen molar-refractivity contribution < 1.29 is 4.79 Å². The van der Waals surface area contributed by atoms with Gasteiger partial charge in [0.15, 0.2) is 0 Å². The lowest BCUT2D eigenvalue weighted by Gasteiger charge is -2.19. The first-order valence-electron chi connectivity index (χ1n) is 6.84. The SMILES string of the molecule is Cc1csc(C(CC(C)C)NC(=O)NCC(C)C)n1. The van der Waals surface area contributed by atoms with E-state index >= 15 is 0 Å². The molecule has 1 atom stereocenters. The van der Waals surface area contributed by atoms with Gasteiger partial charge in [-0.15, -0.1) is 11.3 Å². The third-order valence-electron chi connectivity index (χ3n) is 2.62. The molecule has 2 amide bonds. The van der Waals surface area contributed by atoms with E-state index in [4.69, 9.17) is 0 Å². The highest BCUT2D eigenvalue weighted by Gasteiger charge is 2.19. The van der Waals surface area contributed by atoms with Crippen LogP contribution in [0.15, 0.2) is 5.38 Å². The largest absolute Gasteiger partial charge is 0.338 e. The Kier molecular flexibility index (Phi) is 6.28. The molecule has 1 rings (SSSR count). The van der Waals surface area contributed by atoms with E-state index in [9.17, 15) is 4.79 Å². The van der Waals surface area contributed by atoms with E-state index in [1.54, 1.807) is 11.3 Å². The maximum atomic E-state index is 11.9. The Bertz CT molecular complexity index is 401. The van der Waals surface area contributed by atoms with Crippen molar-refractivity contribution in [3.8, 4) is 0 Å². The Morgan fingerprint density at radius 2 is 2.00 bits per heavy atom. The second kappa shape index (κ2) is 7.48. The van der Waals surface area contributed by atoms with E-state index in [1.165, 1.54) is 0 Å². The summed E-state index contributed by atoms with van der Waals surface area (Å²) in [6, 6.07) is -0.0990. The van der Waals surface area contributed by atoms with E-state index in [2.05, 4.69) is 43.3 Å². The van der Waals surface area contributed by atoms with Crippen LogP contribution < -0.4 is 10.6 Å². The lowest BCUT2D eigenvalue weighted by Crippen LogP contribution is -2.39. The zero-order valence-electron chi connectivity index (χ0n) is 12.5. The van der Waals surface area contributed by atoms with Crippen LogP contribution in [0.4, 0.5) is 4.79 Å². The minimum Gasteiger partial charge on any atom is -0.338 e. The molecule has 0 aromatic carbocycles. The molecule has 0 aliphatic heterocycles. The van der Waals surface area contributed by atoms with Crippen LogP contribution in [-0.2, 0) is 0 Å². The highest BCUT2D eigenvalue weighted by Crippen LogP contribution is 2.24. The summed E-state index contributed by atoms with van der Waals surface area (Å²) in [6.07, 6.45) is 0.905. The minimum atomic E-state index is -0.104. The van der Waals surface area contributed by atoms with Gasteiger partial charge in [-0.25, -0.2) is 9.78 Å². The van der Waals surface area contributed by atoms with Crippen LogP contribution in [0.25, 0.3) is 0 Å². The Hall–Kier alpha value is -1.10. The normalized spacial score (nSPS) is 12.8. The first kappa shape index (κ1) is 16.0. The van der Waals surface area contributed by atoms with E-state index in [0.29, 0.717) is 18.4 Å². The summed E-state index contributed by atoms with van der Waals surface area (Å²) in [5.41, 5.74) is 1.01. The lowest BCUT2D eigenvalue weighted by molar-refractivity contribution is 0.233. The Morgan fingerprint density at radius 3 is 2.47 bits per heavy atom. The predicted molar refractivity (Wildman–Crippen MR) is 80.4 cm³/mol. The number of nitrogens with one attached hydrogen (secondary N) is 2. The van der Waals surface area contributed by atoms with Crippen molar-refractivity contribution >= 4 is 17.4 Å². The second-order valence-electron chi connectivity index (χ2n) is 5.76. The number of hydrogen-bond acceptors (Lipinski definition) is 3. The second-order valence-corrected chi connectivity index (χ2v) is 6.65. The van der Waals surface area contributed by atoms with Crippen molar-refractivity contribution in [1.29, 1.82) is 0 Å². The van der Waals surface area contributed by atoms with Crippen LogP contribution in [0.5, 0.6) is 0 Å². The fourth-order valence-electron chi connectivity index (χ4n) is 1.73. The van der Waals surface area contributed by atoms with E-state index < -0.39 is 0 Å². The molecule has 5 heteroatoms. The van der Waals surface area contributed by atoms with Crippen molar-refractivity contribution in [2.75, 3.05) is 6.54 Å². The van der Waals surface area contributed by atoms with Gasteiger partial charge in [-0.2, -0.15) is 0 Å². The van der Waals surface area contributed by atoms with Gasteiger partial charge in [0, 0.05) is 17.6 Å². The van der Waals surface area contributed by atoms with Crippen molar-refractivity contribution in [2.45, 2.75) is 47.1 Å². The highest BCUT2D eigenvalue weighted by molar-refractivity contribution is 7.09. The molecule has 1 aromatic rings. The van der Waals surface area contributed by atoms with Crippen LogP contribution in [0.3, 0.4) is 0 Å². The number of aromatic nitrogens is 1. The molecular weight excluding hydrogens is 258 g/mol. The standard InChI is InChI=1S/C14H25N3OS/c1-9(2)6-12(13-16-11(5)8-19-13)17-14(18)15-7-10(3)4/h8-10,12H,6-7H2,1-5H3,(H2,15,17,18). The van der Waals surface area contributed by atoms with Gasteiger partial charge in [0.05, 0.1) is 6.04 Å².